The smallest absolute Gasteiger partial charge is 0.382 e. The Hall–Kier alpha value is -2.26. The van der Waals surface area contributed by atoms with Crippen molar-refractivity contribution in [2.24, 2.45) is 5.92 Å². The molecule has 196 valence electrons. The number of anilines is 1. The first-order valence-corrected chi connectivity index (χ1v) is 11.4. The number of nitrogens with zero attached hydrogens (tertiary/aromatic N) is 4. The van der Waals surface area contributed by atoms with Gasteiger partial charge < -0.3 is 24.0 Å². The van der Waals surface area contributed by atoms with Crippen molar-refractivity contribution in [1.29, 1.82) is 0 Å². The number of hydrogen-bond acceptors (Lipinski definition) is 9. The predicted molar refractivity (Wildman–Crippen MR) is 117 cm³/mol. The highest BCUT2D eigenvalue weighted by Gasteiger charge is 2.52. The number of carbonyl (C=O) groups excluding carboxylic acids is 2. The monoisotopic (exact) mass is 524 g/mol. The minimum absolute atomic E-state index is 0.0445. The van der Waals surface area contributed by atoms with Crippen LogP contribution in [0.15, 0.2) is 12.4 Å². The normalized spacial score (nSPS) is 22.1. The molecule has 2 N–H and O–H groups in total. The van der Waals surface area contributed by atoms with Crippen LogP contribution in [0.2, 0.25) is 5.02 Å². The lowest BCUT2D eigenvalue weighted by atomic mass is 9.99. The molecule has 2 aliphatic heterocycles. The summed E-state index contributed by atoms with van der Waals surface area (Å²) in [6, 6.07) is 0. The molecule has 0 bridgehead atoms. The molecule has 0 radical (unpaired) electrons. The van der Waals surface area contributed by atoms with Crippen molar-refractivity contribution in [2.45, 2.75) is 24.8 Å². The van der Waals surface area contributed by atoms with Crippen molar-refractivity contribution in [2.75, 3.05) is 64.6 Å². The predicted octanol–water partition coefficient (Wildman–Crippen LogP) is 0.398. The Kier molecular flexibility index (Phi) is 9.86. The molecule has 1 aromatic rings. The molecule has 1 aromatic heterocycles. The van der Waals surface area contributed by atoms with Crippen LogP contribution in [0, 0.1) is 5.92 Å². The fraction of sp³-hybridized carbons (Fsp3) is 0.700. The summed E-state index contributed by atoms with van der Waals surface area (Å²) in [6.45, 7) is 1.78. The molecule has 3 rings (SSSR count). The van der Waals surface area contributed by atoms with E-state index in [2.05, 4.69) is 15.4 Å². The number of ether oxygens (including phenoxy) is 3. The molecule has 0 aromatic carbocycles. The van der Waals surface area contributed by atoms with Crippen LogP contribution >= 0.6 is 11.6 Å². The Morgan fingerprint density at radius 1 is 1.23 bits per heavy atom. The number of aromatic nitrogens is 2. The van der Waals surface area contributed by atoms with E-state index in [-0.39, 0.29) is 38.7 Å². The molecule has 2 fully saturated rings. The molecular formula is C20H28ClF3N6O5. The number of hydrazine groups is 1. The van der Waals surface area contributed by atoms with Gasteiger partial charge >= 0.3 is 6.18 Å². The minimum Gasteiger partial charge on any atom is -0.382 e. The van der Waals surface area contributed by atoms with Crippen LogP contribution in [0.4, 0.5) is 19.1 Å². The van der Waals surface area contributed by atoms with Crippen LogP contribution < -0.4 is 15.8 Å². The Morgan fingerprint density at radius 2 is 1.91 bits per heavy atom. The number of halogens is 4. The Bertz CT molecular complexity index is 842. The largest absolute Gasteiger partial charge is 0.403 e. The van der Waals surface area contributed by atoms with E-state index in [0.29, 0.717) is 37.1 Å². The van der Waals surface area contributed by atoms with Crippen molar-refractivity contribution < 1.29 is 37.0 Å². The van der Waals surface area contributed by atoms with Gasteiger partial charge in [0.05, 0.1) is 49.8 Å². The van der Waals surface area contributed by atoms with Crippen LogP contribution in [0.3, 0.4) is 0 Å². The molecule has 2 amide bonds. The van der Waals surface area contributed by atoms with E-state index in [9.17, 15) is 22.8 Å². The summed E-state index contributed by atoms with van der Waals surface area (Å²) < 4.78 is 55.8. The van der Waals surface area contributed by atoms with Gasteiger partial charge in [-0.15, -0.1) is 0 Å². The molecule has 3 heterocycles. The molecule has 0 saturated carbocycles. The molecule has 0 aliphatic carbocycles. The highest BCUT2D eigenvalue weighted by Crippen LogP contribution is 2.31. The number of piperazine rings is 1. The lowest BCUT2D eigenvalue weighted by molar-refractivity contribution is -0.216. The van der Waals surface area contributed by atoms with Gasteiger partial charge in [0.15, 0.2) is 5.92 Å². The van der Waals surface area contributed by atoms with Gasteiger partial charge in [0.1, 0.15) is 6.10 Å². The van der Waals surface area contributed by atoms with Gasteiger partial charge in [-0.2, -0.15) is 13.2 Å². The maximum absolute atomic E-state index is 13.2. The van der Waals surface area contributed by atoms with Gasteiger partial charge in [-0.05, 0) is 0 Å². The number of methoxy groups -OCH3 is 1. The van der Waals surface area contributed by atoms with E-state index in [1.54, 1.807) is 4.90 Å². The summed E-state index contributed by atoms with van der Waals surface area (Å²) in [5, 5.41) is 0.445. The van der Waals surface area contributed by atoms with Crippen LogP contribution in [0.25, 0.3) is 0 Å². The second-order valence-corrected chi connectivity index (χ2v) is 8.46. The van der Waals surface area contributed by atoms with E-state index in [1.807, 2.05) is 10.3 Å². The number of rotatable bonds is 10. The maximum atomic E-state index is 13.2. The molecule has 2 unspecified atom stereocenters. The van der Waals surface area contributed by atoms with E-state index in [0.717, 1.165) is 0 Å². The van der Waals surface area contributed by atoms with E-state index in [1.165, 1.54) is 19.5 Å². The summed E-state index contributed by atoms with van der Waals surface area (Å²) >= 11 is 5.81. The van der Waals surface area contributed by atoms with Gasteiger partial charge in [0.25, 0.3) is 0 Å². The molecular weight excluding hydrogens is 497 g/mol. The molecule has 11 nitrogen and oxygen atoms in total. The van der Waals surface area contributed by atoms with Crippen molar-refractivity contribution in [3.8, 4) is 0 Å². The van der Waals surface area contributed by atoms with Crippen LogP contribution in [0.5, 0.6) is 0 Å². The number of amides is 2. The third-order valence-electron chi connectivity index (χ3n) is 5.56. The summed E-state index contributed by atoms with van der Waals surface area (Å²) in [6.07, 6.45) is -3.73. The zero-order chi connectivity index (χ0) is 25.4. The molecule has 2 saturated heterocycles. The fourth-order valence-electron chi connectivity index (χ4n) is 3.77. The third kappa shape index (κ3) is 7.87. The SMILES string of the molecule is COC[C@H](COC1CNNC(=O)C1C(F)(F)F)OCCC(=O)N1CCN(c2ncc(Cl)cn2)CC1. The molecule has 2 aliphatic rings. The highest BCUT2D eigenvalue weighted by molar-refractivity contribution is 6.30. The standard InChI is InChI=1S/C20H28ClF3N6O5/c1-33-11-14(12-35-15-10-27-28-18(32)17(15)20(22,23)24)34-7-2-16(31)29-3-5-30(6-4-29)19-25-8-13(21)9-26-19/h8-9,14-15,17,27H,2-7,10-12H2,1H3,(H,28,32)/t14-,15?,17?/m1/s1. The van der Waals surface area contributed by atoms with Gasteiger partial charge in [-0.25, -0.2) is 15.4 Å². The van der Waals surface area contributed by atoms with Crippen molar-refractivity contribution in [3.05, 3.63) is 17.4 Å². The van der Waals surface area contributed by atoms with Gasteiger partial charge in [-0.1, -0.05) is 11.6 Å². The lowest BCUT2D eigenvalue weighted by Crippen LogP contribution is -2.60. The van der Waals surface area contributed by atoms with E-state index in [4.69, 9.17) is 25.8 Å². The number of alkyl halides is 3. The van der Waals surface area contributed by atoms with Crippen molar-refractivity contribution in [1.82, 2.24) is 25.7 Å². The van der Waals surface area contributed by atoms with Gasteiger partial charge in [0, 0.05) is 39.8 Å². The van der Waals surface area contributed by atoms with Gasteiger partial charge in [-0.3, -0.25) is 15.0 Å². The molecule has 3 atom stereocenters. The summed E-state index contributed by atoms with van der Waals surface area (Å²) in [5.74, 6) is -3.05. The minimum atomic E-state index is -4.75. The highest BCUT2D eigenvalue weighted by atomic mass is 35.5. The van der Waals surface area contributed by atoms with Crippen molar-refractivity contribution in [3.63, 3.8) is 0 Å². The number of carbonyl (C=O) groups is 2. The summed E-state index contributed by atoms with van der Waals surface area (Å²) in [5.41, 5.74) is 4.36. The first kappa shape index (κ1) is 27.3. The first-order valence-electron chi connectivity index (χ1n) is 11.0. The second-order valence-electron chi connectivity index (χ2n) is 8.03. The lowest BCUT2D eigenvalue weighted by Gasteiger charge is -2.35. The topological polar surface area (TPSA) is 118 Å². The maximum Gasteiger partial charge on any atom is 0.403 e. The third-order valence-corrected chi connectivity index (χ3v) is 5.76. The van der Waals surface area contributed by atoms with E-state index < -0.39 is 30.2 Å². The number of hydrogen-bond donors (Lipinski definition) is 2. The molecule has 35 heavy (non-hydrogen) atoms. The van der Waals surface area contributed by atoms with Crippen LogP contribution in [-0.4, -0.2) is 105 Å². The van der Waals surface area contributed by atoms with Crippen LogP contribution in [-0.2, 0) is 23.8 Å². The van der Waals surface area contributed by atoms with Crippen molar-refractivity contribution >= 4 is 29.4 Å². The fourth-order valence-corrected chi connectivity index (χ4v) is 3.87. The second kappa shape index (κ2) is 12.6. The molecule has 15 heteroatoms. The van der Waals surface area contributed by atoms with E-state index >= 15 is 0 Å². The Balaban J connectivity index is 1.41. The first-order chi connectivity index (χ1) is 16.7. The Labute approximate surface area is 205 Å². The average molecular weight is 525 g/mol. The zero-order valence-electron chi connectivity index (χ0n) is 19.1. The Morgan fingerprint density at radius 3 is 2.54 bits per heavy atom. The summed E-state index contributed by atoms with van der Waals surface area (Å²) in [7, 11) is 1.42. The molecule has 0 spiro atoms. The average Bonchev–Trinajstić information content (AvgIpc) is 2.82. The number of nitrogens with one attached hydrogen (secondary N) is 2. The quantitative estimate of drug-likeness (QED) is 0.448. The van der Waals surface area contributed by atoms with Crippen LogP contribution in [0.1, 0.15) is 6.42 Å². The summed E-state index contributed by atoms with van der Waals surface area (Å²) in [4.78, 5) is 36.2. The van der Waals surface area contributed by atoms with Gasteiger partial charge in [0.2, 0.25) is 17.8 Å². The zero-order valence-corrected chi connectivity index (χ0v) is 19.8.